The lowest BCUT2D eigenvalue weighted by atomic mass is 10.2. The van der Waals surface area contributed by atoms with Crippen LogP contribution in [-0.2, 0) is 9.84 Å². The summed E-state index contributed by atoms with van der Waals surface area (Å²) < 4.78 is 25.6. The number of nitrogens with one attached hydrogen (secondary N) is 1. The maximum Gasteiger partial charge on any atom is 0.277 e. The fourth-order valence-electron chi connectivity index (χ4n) is 3.70. The highest BCUT2D eigenvalue weighted by atomic mass is 32.2. The standard InChI is InChI=1S/C20H20N4O3S2/c25-19(22-20-21-17(11-28-20)13-4-2-1-3-5-13)16-10-18(14-6-7-14)24(23-16)15-8-9-29(26,27)12-15/h1-5,10-11,14-15H,6-9,12H2,(H,21,22,25). The topological polar surface area (TPSA) is 94.0 Å². The second-order valence-electron chi connectivity index (χ2n) is 7.59. The Hall–Kier alpha value is -2.52. The molecule has 1 atom stereocenters. The smallest absolute Gasteiger partial charge is 0.277 e. The molecule has 3 heterocycles. The first kappa shape index (κ1) is 18.5. The van der Waals surface area contributed by atoms with Crippen LogP contribution in [0.3, 0.4) is 0 Å². The van der Waals surface area contributed by atoms with Crippen molar-refractivity contribution in [1.29, 1.82) is 0 Å². The van der Waals surface area contributed by atoms with E-state index in [1.165, 1.54) is 11.3 Å². The Bertz CT molecular complexity index is 1160. The Morgan fingerprint density at radius 3 is 2.66 bits per heavy atom. The minimum atomic E-state index is -3.02. The largest absolute Gasteiger partial charge is 0.296 e. The maximum absolute atomic E-state index is 12.8. The predicted octanol–water partition coefficient (Wildman–Crippen LogP) is 3.50. The number of thiazole rings is 1. The normalized spacial score (nSPS) is 20.6. The molecule has 0 spiro atoms. The van der Waals surface area contributed by atoms with Gasteiger partial charge in [0.1, 0.15) is 0 Å². The van der Waals surface area contributed by atoms with Crippen LogP contribution in [-0.4, -0.2) is 40.6 Å². The molecule has 1 aliphatic heterocycles. The van der Waals surface area contributed by atoms with Gasteiger partial charge in [-0.2, -0.15) is 5.10 Å². The zero-order chi connectivity index (χ0) is 20.0. The fourth-order valence-corrected chi connectivity index (χ4v) is 6.11. The van der Waals surface area contributed by atoms with Crippen LogP contribution in [0.4, 0.5) is 5.13 Å². The van der Waals surface area contributed by atoms with Crippen molar-refractivity contribution >= 4 is 32.2 Å². The van der Waals surface area contributed by atoms with Crippen LogP contribution in [0.1, 0.15) is 47.4 Å². The zero-order valence-electron chi connectivity index (χ0n) is 15.6. The highest BCUT2D eigenvalue weighted by Crippen LogP contribution is 2.42. The molecule has 5 rings (SSSR count). The molecule has 1 aromatic carbocycles. The molecule has 0 radical (unpaired) electrons. The van der Waals surface area contributed by atoms with Gasteiger partial charge in [-0.1, -0.05) is 30.3 Å². The Kier molecular flexibility index (Phi) is 4.51. The number of amides is 1. The van der Waals surface area contributed by atoms with E-state index in [2.05, 4.69) is 15.4 Å². The third-order valence-corrected chi connectivity index (χ3v) is 7.85. The van der Waals surface area contributed by atoms with E-state index in [1.54, 1.807) is 4.68 Å². The van der Waals surface area contributed by atoms with E-state index in [4.69, 9.17) is 0 Å². The maximum atomic E-state index is 12.8. The number of sulfone groups is 1. The van der Waals surface area contributed by atoms with Gasteiger partial charge < -0.3 is 0 Å². The molecule has 2 aliphatic rings. The van der Waals surface area contributed by atoms with Crippen molar-refractivity contribution in [3.8, 4) is 11.3 Å². The fraction of sp³-hybridized carbons (Fsp3) is 0.350. The van der Waals surface area contributed by atoms with Crippen LogP contribution in [0.2, 0.25) is 0 Å². The summed E-state index contributed by atoms with van der Waals surface area (Å²) in [5.74, 6) is 0.338. The average Bonchev–Trinajstić information content (AvgIpc) is 3.12. The van der Waals surface area contributed by atoms with Gasteiger partial charge >= 0.3 is 0 Å². The van der Waals surface area contributed by atoms with Crippen LogP contribution in [0, 0.1) is 0 Å². The Morgan fingerprint density at radius 2 is 1.97 bits per heavy atom. The molecule has 1 saturated heterocycles. The number of nitrogens with zero attached hydrogens (tertiary/aromatic N) is 3. The van der Waals surface area contributed by atoms with Crippen LogP contribution in [0.5, 0.6) is 0 Å². The van der Waals surface area contributed by atoms with Crippen molar-refractivity contribution < 1.29 is 13.2 Å². The first-order chi connectivity index (χ1) is 14.0. The van der Waals surface area contributed by atoms with Crippen LogP contribution in [0.15, 0.2) is 41.8 Å². The van der Waals surface area contributed by atoms with Gasteiger partial charge in [0.2, 0.25) is 0 Å². The molecule has 2 fully saturated rings. The lowest BCUT2D eigenvalue weighted by Crippen LogP contribution is -2.17. The van der Waals surface area contributed by atoms with Gasteiger partial charge in [0, 0.05) is 22.6 Å². The lowest BCUT2D eigenvalue weighted by Gasteiger charge is -2.12. The zero-order valence-corrected chi connectivity index (χ0v) is 17.2. The second kappa shape index (κ2) is 7.07. The molecule has 0 bridgehead atoms. The highest BCUT2D eigenvalue weighted by molar-refractivity contribution is 7.91. The minimum Gasteiger partial charge on any atom is -0.296 e. The van der Waals surface area contributed by atoms with E-state index in [0.29, 0.717) is 23.2 Å². The van der Waals surface area contributed by atoms with Gasteiger partial charge in [-0.3, -0.25) is 14.8 Å². The monoisotopic (exact) mass is 428 g/mol. The molecule has 3 aromatic rings. The van der Waals surface area contributed by atoms with E-state index in [1.807, 2.05) is 41.8 Å². The summed E-state index contributed by atoms with van der Waals surface area (Å²) in [5, 5.41) is 9.75. The van der Waals surface area contributed by atoms with Gasteiger partial charge in [0.25, 0.3) is 5.91 Å². The summed E-state index contributed by atoms with van der Waals surface area (Å²) >= 11 is 1.37. The Balaban J connectivity index is 1.37. The van der Waals surface area contributed by atoms with Crippen molar-refractivity contribution in [2.45, 2.75) is 31.2 Å². The summed E-state index contributed by atoms with van der Waals surface area (Å²) in [7, 11) is -3.02. The predicted molar refractivity (Wildman–Crippen MR) is 112 cm³/mol. The van der Waals surface area contributed by atoms with Crippen molar-refractivity contribution in [3.63, 3.8) is 0 Å². The Morgan fingerprint density at radius 1 is 1.17 bits per heavy atom. The summed E-state index contributed by atoms with van der Waals surface area (Å²) in [5.41, 5.74) is 3.09. The summed E-state index contributed by atoms with van der Waals surface area (Å²) in [6.45, 7) is 0. The van der Waals surface area contributed by atoms with Crippen molar-refractivity contribution in [3.05, 3.63) is 53.2 Å². The molecule has 1 amide bonds. The molecule has 2 aromatic heterocycles. The number of hydrogen-bond donors (Lipinski definition) is 1. The number of carbonyl (C=O) groups excluding carboxylic acids is 1. The molecule has 1 saturated carbocycles. The van der Waals surface area contributed by atoms with E-state index in [0.717, 1.165) is 29.8 Å². The molecule has 7 nitrogen and oxygen atoms in total. The molecule has 29 heavy (non-hydrogen) atoms. The average molecular weight is 429 g/mol. The molecule has 150 valence electrons. The van der Waals surface area contributed by atoms with Crippen molar-refractivity contribution in [2.75, 3.05) is 16.8 Å². The van der Waals surface area contributed by atoms with Gasteiger partial charge in [0.15, 0.2) is 20.7 Å². The number of anilines is 1. The molecular weight excluding hydrogens is 408 g/mol. The summed E-state index contributed by atoms with van der Waals surface area (Å²) in [6.07, 6.45) is 2.66. The number of carbonyl (C=O) groups is 1. The van der Waals surface area contributed by atoms with Gasteiger partial charge in [-0.25, -0.2) is 13.4 Å². The quantitative estimate of drug-likeness (QED) is 0.671. The number of aromatic nitrogens is 3. The highest BCUT2D eigenvalue weighted by Gasteiger charge is 2.36. The first-order valence-electron chi connectivity index (χ1n) is 9.61. The SMILES string of the molecule is O=C(Nc1nc(-c2ccccc2)cs1)c1cc(C2CC2)n(C2CCS(=O)(=O)C2)n1. The molecule has 1 unspecified atom stereocenters. The summed E-state index contributed by atoms with van der Waals surface area (Å²) in [4.78, 5) is 17.3. The lowest BCUT2D eigenvalue weighted by molar-refractivity contribution is 0.102. The van der Waals surface area contributed by atoms with Gasteiger partial charge in [-0.15, -0.1) is 11.3 Å². The number of rotatable bonds is 5. The third kappa shape index (κ3) is 3.84. The number of benzene rings is 1. The molecule has 1 N–H and O–H groups in total. The van der Waals surface area contributed by atoms with Crippen molar-refractivity contribution in [1.82, 2.24) is 14.8 Å². The van der Waals surface area contributed by atoms with Crippen LogP contribution in [0.25, 0.3) is 11.3 Å². The van der Waals surface area contributed by atoms with E-state index < -0.39 is 9.84 Å². The molecule has 9 heteroatoms. The van der Waals surface area contributed by atoms with Gasteiger partial charge in [-0.05, 0) is 25.3 Å². The number of hydrogen-bond acceptors (Lipinski definition) is 6. The van der Waals surface area contributed by atoms with E-state index >= 15 is 0 Å². The van der Waals surface area contributed by atoms with Crippen LogP contribution < -0.4 is 5.32 Å². The third-order valence-electron chi connectivity index (χ3n) is 5.34. The summed E-state index contributed by atoms with van der Waals surface area (Å²) in [6, 6.07) is 11.4. The van der Waals surface area contributed by atoms with Gasteiger partial charge in [0.05, 0.1) is 23.2 Å². The molecule has 1 aliphatic carbocycles. The van der Waals surface area contributed by atoms with E-state index in [-0.39, 0.29) is 23.5 Å². The van der Waals surface area contributed by atoms with E-state index in [9.17, 15) is 13.2 Å². The minimum absolute atomic E-state index is 0.0996. The molecular formula is C20H20N4O3S2. The van der Waals surface area contributed by atoms with Crippen molar-refractivity contribution in [2.24, 2.45) is 0 Å². The second-order valence-corrected chi connectivity index (χ2v) is 10.7. The first-order valence-corrected chi connectivity index (χ1v) is 12.3. The Labute approximate surface area is 172 Å². The van der Waals surface area contributed by atoms with Crippen LogP contribution >= 0.6 is 11.3 Å².